The molecule has 1 unspecified atom stereocenters. The Morgan fingerprint density at radius 1 is 1.28 bits per heavy atom. The van der Waals surface area contributed by atoms with E-state index in [2.05, 4.69) is 64.2 Å². The summed E-state index contributed by atoms with van der Waals surface area (Å²) in [7, 11) is 0. The quantitative estimate of drug-likeness (QED) is 0.804. The molecule has 4 nitrogen and oxygen atoms in total. The number of hydrogen-bond donors (Lipinski definition) is 2. The van der Waals surface area contributed by atoms with Gasteiger partial charge in [0, 0.05) is 19.3 Å². The van der Waals surface area contributed by atoms with Crippen LogP contribution >= 0.6 is 15.9 Å². The molecule has 0 spiro atoms. The summed E-state index contributed by atoms with van der Waals surface area (Å²) in [6.45, 7) is 10.6. The first-order valence-electron chi connectivity index (χ1n) is 6.54. The normalized spacial score (nSPS) is 12.6. The summed E-state index contributed by atoms with van der Waals surface area (Å²) in [6.07, 6.45) is 2.85. The van der Waals surface area contributed by atoms with Crippen LogP contribution in [0.15, 0.2) is 10.7 Å². The fourth-order valence-electron chi connectivity index (χ4n) is 1.31. The smallest absolute Gasteiger partial charge is 0.224 e. The van der Waals surface area contributed by atoms with E-state index in [4.69, 9.17) is 0 Å². The summed E-state index contributed by atoms with van der Waals surface area (Å²) >= 11 is 3.47. The highest BCUT2D eigenvalue weighted by molar-refractivity contribution is 9.10. The minimum Gasteiger partial charge on any atom is -0.369 e. The van der Waals surface area contributed by atoms with Crippen molar-refractivity contribution in [1.82, 2.24) is 9.97 Å². The number of nitrogens with one attached hydrogen (secondary N) is 2. The van der Waals surface area contributed by atoms with Crippen molar-refractivity contribution in [3.8, 4) is 0 Å². The van der Waals surface area contributed by atoms with Crippen molar-refractivity contribution in [3.05, 3.63) is 10.7 Å². The summed E-state index contributed by atoms with van der Waals surface area (Å²) in [5, 5.41) is 6.56. The molecule has 5 heteroatoms. The predicted molar refractivity (Wildman–Crippen MR) is 81.0 cm³/mol. The second-order valence-electron chi connectivity index (χ2n) is 4.92. The lowest BCUT2D eigenvalue weighted by molar-refractivity contribution is 0.439. The molecule has 0 saturated heterocycles. The first-order valence-corrected chi connectivity index (χ1v) is 7.34. The molecule has 102 valence electrons. The van der Waals surface area contributed by atoms with Crippen molar-refractivity contribution < 1.29 is 0 Å². The zero-order chi connectivity index (χ0) is 13.5. The second-order valence-corrected chi connectivity index (χ2v) is 5.77. The fraction of sp³-hybridized carbons (Fsp3) is 0.692. The molecule has 18 heavy (non-hydrogen) atoms. The van der Waals surface area contributed by atoms with E-state index in [0.717, 1.165) is 29.8 Å². The average Bonchev–Trinajstić information content (AvgIpc) is 2.35. The van der Waals surface area contributed by atoms with E-state index in [0.29, 0.717) is 17.8 Å². The zero-order valence-corrected chi connectivity index (χ0v) is 13.2. The van der Waals surface area contributed by atoms with Crippen LogP contribution in [0.1, 0.15) is 34.1 Å². The molecule has 1 atom stereocenters. The highest BCUT2D eigenvalue weighted by Crippen LogP contribution is 2.21. The highest BCUT2D eigenvalue weighted by atomic mass is 79.9. The number of aromatic nitrogens is 2. The zero-order valence-electron chi connectivity index (χ0n) is 11.6. The van der Waals surface area contributed by atoms with Gasteiger partial charge in [0.25, 0.3) is 0 Å². The van der Waals surface area contributed by atoms with Gasteiger partial charge in [-0.05, 0) is 34.2 Å². The first kappa shape index (κ1) is 15.2. The summed E-state index contributed by atoms with van der Waals surface area (Å²) in [6, 6.07) is 0. The second kappa shape index (κ2) is 7.56. The Balaban J connectivity index is 2.63. The maximum absolute atomic E-state index is 4.46. The standard InChI is InChI=1S/C13H23BrN4/c1-5-6-15-13-17-8-11(14)12(18-13)16-7-10(4)9(2)3/h8-10H,5-7H2,1-4H3,(H2,15,16,17,18). The number of hydrogen-bond acceptors (Lipinski definition) is 4. The molecule has 2 N–H and O–H groups in total. The molecule has 0 aliphatic heterocycles. The van der Waals surface area contributed by atoms with Crippen molar-refractivity contribution in [2.24, 2.45) is 11.8 Å². The maximum atomic E-state index is 4.46. The van der Waals surface area contributed by atoms with Crippen LogP contribution in [0.4, 0.5) is 11.8 Å². The molecule has 1 rings (SSSR count). The third-order valence-electron chi connectivity index (χ3n) is 3.01. The lowest BCUT2D eigenvalue weighted by Crippen LogP contribution is -2.17. The van der Waals surface area contributed by atoms with Crippen LogP contribution < -0.4 is 10.6 Å². The van der Waals surface area contributed by atoms with E-state index in [1.807, 2.05) is 0 Å². The van der Waals surface area contributed by atoms with Gasteiger partial charge in [-0.25, -0.2) is 4.98 Å². The van der Waals surface area contributed by atoms with Crippen LogP contribution in [0.2, 0.25) is 0 Å². The fourth-order valence-corrected chi connectivity index (χ4v) is 1.64. The van der Waals surface area contributed by atoms with Crippen LogP contribution in [0.25, 0.3) is 0 Å². The molecule has 0 fully saturated rings. The predicted octanol–water partition coefficient (Wildman–Crippen LogP) is 3.77. The van der Waals surface area contributed by atoms with Crippen LogP contribution in [0.3, 0.4) is 0 Å². The van der Waals surface area contributed by atoms with Gasteiger partial charge in [0.05, 0.1) is 4.47 Å². The third-order valence-corrected chi connectivity index (χ3v) is 3.59. The van der Waals surface area contributed by atoms with Gasteiger partial charge >= 0.3 is 0 Å². The van der Waals surface area contributed by atoms with E-state index in [9.17, 15) is 0 Å². The summed E-state index contributed by atoms with van der Waals surface area (Å²) in [5.41, 5.74) is 0. The number of nitrogens with zero attached hydrogens (tertiary/aromatic N) is 2. The van der Waals surface area contributed by atoms with E-state index >= 15 is 0 Å². The van der Waals surface area contributed by atoms with Gasteiger partial charge < -0.3 is 10.6 Å². The molecule has 0 bridgehead atoms. The highest BCUT2D eigenvalue weighted by Gasteiger charge is 2.09. The Morgan fingerprint density at radius 2 is 2.00 bits per heavy atom. The average molecular weight is 315 g/mol. The van der Waals surface area contributed by atoms with Crippen molar-refractivity contribution in [2.75, 3.05) is 23.7 Å². The van der Waals surface area contributed by atoms with E-state index < -0.39 is 0 Å². The summed E-state index contributed by atoms with van der Waals surface area (Å²) in [4.78, 5) is 8.69. The van der Waals surface area contributed by atoms with Crippen LogP contribution in [0.5, 0.6) is 0 Å². The van der Waals surface area contributed by atoms with Crippen molar-refractivity contribution in [3.63, 3.8) is 0 Å². The molecule has 1 aromatic rings. The molecule has 1 aromatic heterocycles. The van der Waals surface area contributed by atoms with Gasteiger partial charge in [-0.15, -0.1) is 0 Å². The maximum Gasteiger partial charge on any atom is 0.224 e. The molecular formula is C13H23BrN4. The summed E-state index contributed by atoms with van der Waals surface area (Å²) in [5.74, 6) is 2.81. The van der Waals surface area contributed by atoms with Crippen LogP contribution in [0, 0.1) is 11.8 Å². The van der Waals surface area contributed by atoms with Crippen molar-refractivity contribution >= 4 is 27.7 Å². The van der Waals surface area contributed by atoms with E-state index in [1.54, 1.807) is 6.20 Å². The summed E-state index contributed by atoms with van der Waals surface area (Å²) < 4.78 is 0.903. The Hall–Kier alpha value is -0.840. The van der Waals surface area contributed by atoms with Gasteiger partial charge in [-0.3, -0.25) is 0 Å². The van der Waals surface area contributed by atoms with Gasteiger partial charge in [-0.1, -0.05) is 27.7 Å². The van der Waals surface area contributed by atoms with Gasteiger partial charge in [0.1, 0.15) is 5.82 Å². The third kappa shape index (κ3) is 4.80. The van der Waals surface area contributed by atoms with Crippen molar-refractivity contribution in [1.29, 1.82) is 0 Å². The largest absolute Gasteiger partial charge is 0.369 e. The SMILES string of the molecule is CCCNc1ncc(Br)c(NCC(C)C(C)C)n1. The molecular weight excluding hydrogens is 292 g/mol. The monoisotopic (exact) mass is 314 g/mol. The van der Waals surface area contributed by atoms with E-state index in [-0.39, 0.29) is 0 Å². The molecule has 0 saturated carbocycles. The van der Waals surface area contributed by atoms with Gasteiger partial charge in [0.2, 0.25) is 5.95 Å². The topological polar surface area (TPSA) is 49.8 Å². The Labute approximate surface area is 118 Å². The lowest BCUT2D eigenvalue weighted by Gasteiger charge is -2.17. The Kier molecular flexibility index (Phi) is 6.39. The van der Waals surface area contributed by atoms with Crippen LogP contribution in [-0.4, -0.2) is 23.1 Å². The van der Waals surface area contributed by atoms with Gasteiger partial charge in [0.15, 0.2) is 0 Å². The molecule has 1 heterocycles. The van der Waals surface area contributed by atoms with Crippen molar-refractivity contribution in [2.45, 2.75) is 34.1 Å². The number of rotatable bonds is 7. The molecule has 0 aliphatic carbocycles. The molecule has 0 aliphatic rings. The van der Waals surface area contributed by atoms with Gasteiger partial charge in [-0.2, -0.15) is 4.98 Å². The minimum absolute atomic E-state index is 0.610. The Morgan fingerprint density at radius 3 is 2.61 bits per heavy atom. The number of anilines is 2. The molecule has 0 aromatic carbocycles. The molecule has 0 radical (unpaired) electrons. The van der Waals surface area contributed by atoms with Crippen LogP contribution in [-0.2, 0) is 0 Å². The Bertz CT molecular complexity index is 368. The minimum atomic E-state index is 0.610. The van der Waals surface area contributed by atoms with E-state index in [1.165, 1.54) is 0 Å². The molecule has 0 amide bonds. The first-order chi connectivity index (χ1) is 8.54. The lowest BCUT2D eigenvalue weighted by atomic mass is 9.98. The number of halogens is 1.